The summed E-state index contributed by atoms with van der Waals surface area (Å²) in [5, 5.41) is 2.85. The molecule has 0 aromatic heterocycles. The highest BCUT2D eigenvalue weighted by Gasteiger charge is 2.34. The van der Waals surface area contributed by atoms with Crippen LogP contribution in [-0.4, -0.2) is 17.6 Å². The first-order valence-electron chi connectivity index (χ1n) is 9.11. The van der Waals surface area contributed by atoms with Crippen LogP contribution in [0.3, 0.4) is 0 Å². The second-order valence-electron chi connectivity index (χ2n) is 6.76. The van der Waals surface area contributed by atoms with Gasteiger partial charge in [-0.3, -0.25) is 14.5 Å². The Hall–Kier alpha value is -2.27. The van der Waals surface area contributed by atoms with E-state index in [9.17, 15) is 9.59 Å². The number of carbonyl (C=O) groups excluding carboxylic acids is 2. The van der Waals surface area contributed by atoms with Crippen LogP contribution >= 0.6 is 11.8 Å². The van der Waals surface area contributed by atoms with Crippen LogP contribution in [0, 0.1) is 0 Å². The number of anilines is 2. The number of benzene rings is 2. The summed E-state index contributed by atoms with van der Waals surface area (Å²) in [6.45, 7) is 1.83. The van der Waals surface area contributed by atoms with Gasteiger partial charge in [-0.2, -0.15) is 0 Å². The maximum atomic E-state index is 12.6. The van der Waals surface area contributed by atoms with Crippen LogP contribution in [0.25, 0.3) is 0 Å². The third-order valence-electron chi connectivity index (χ3n) is 5.00. The fraction of sp³-hybridized carbons (Fsp3) is 0.333. The van der Waals surface area contributed by atoms with E-state index in [-0.39, 0.29) is 17.2 Å². The lowest BCUT2D eigenvalue weighted by Gasteiger charge is -2.25. The summed E-state index contributed by atoms with van der Waals surface area (Å²) < 4.78 is 0. The second kappa shape index (κ2) is 7.16. The van der Waals surface area contributed by atoms with E-state index >= 15 is 0 Å². The Bertz CT molecular complexity index is 865. The number of thioether (sulfide) groups is 1. The lowest BCUT2D eigenvalue weighted by Crippen LogP contribution is -2.28. The smallest absolute Gasteiger partial charge is 0.238 e. The van der Waals surface area contributed by atoms with Gasteiger partial charge in [-0.15, -0.1) is 11.8 Å². The summed E-state index contributed by atoms with van der Waals surface area (Å²) >= 11 is 1.64. The van der Waals surface area contributed by atoms with E-state index < -0.39 is 0 Å². The molecule has 5 heteroatoms. The maximum Gasteiger partial charge on any atom is 0.238 e. The molecule has 26 heavy (non-hydrogen) atoms. The van der Waals surface area contributed by atoms with Crippen LogP contribution < -0.4 is 10.2 Å². The number of nitrogens with zero attached hydrogens (tertiary/aromatic N) is 1. The summed E-state index contributed by atoms with van der Waals surface area (Å²) in [4.78, 5) is 26.2. The molecule has 2 aliphatic rings. The Labute approximate surface area is 158 Å². The summed E-state index contributed by atoms with van der Waals surface area (Å²) in [5.41, 5.74) is 5.58. The molecule has 0 radical (unpaired) electrons. The molecule has 4 rings (SSSR count). The number of hydrogen-bond acceptors (Lipinski definition) is 3. The standard InChI is InChI=1S/C21H22N2O2S/c1-2-19(24)22-17-8-4-7-16(11-17)21-23(20(25)13-26-21)18-10-9-14-5-3-6-15(14)12-18/h4,7-12,21H,2-3,5-6,13H2,1H3,(H,22,24). The van der Waals surface area contributed by atoms with Crippen molar-refractivity contribution < 1.29 is 9.59 Å². The number of nitrogens with one attached hydrogen (secondary N) is 1. The van der Waals surface area contributed by atoms with E-state index in [2.05, 4.69) is 23.5 Å². The van der Waals surface area contributed by atoms with Crippen molar-refractivity contribution in [2.75, 3.05) is 16.0 Å². The van der Waals surface area contributed by atoms with Gasteiger partial charge in [-0.05, 0) is 60.2 Å². The highest BCUT2D eigenvalue weighted by molar-refractivity contribution is 8.00. The first kappa shape index (κ1) is 17.2. The third-order valence-corrected chi connectivity index (χ3v) is 6.22. The van der Waals surface area contributed by atoms with Gasteiger partial charge in [0, 0.05) is 17.8 Å². The van der Waals surface area contributed by atoms with Crippen molar-refractivity contribution in [2.45, 2.75) is 38.0 Å². The number of amides is 2. The molecule has 4 nitrogen and oxygen atoms in total. The molecule has 0 spiro atoms. The van der Waals surface area contributed by atoms with Gasteiger partial charge in [0.25, 0.3) is 0 Å². The van der Waals surface area contributed by atoms with Crippen molar-refractivity contribution in [1.82, 2.24) is 0 Å². The molecule has 1 saturated heterocycles. The quantitative estimate of drug-likeness (QED) is 0.877. The fourth-order valence-corrected chi connectivity index (χ4v) is 4.84. The zero-order valence-electron chi connectivity index (χ0n) is 14.8. The predicted molar refractivity (Wildman–Crippen MR) is 107 cm³/mol. The van der Waals surface area contributed by atoms with Crippen LogP contribution in [0.4, 0.5) is 11.4 Å². The lowest BCUT2D eigenvalue weighted by atomic mass is 10.1. The number of fused-ring (bicyclic) bond motifs is 1. The maximum absolute atomic E-state index is 12.6. The monoisotopic (exact) mass is 366 g/mol. The normalized spacial score (nSPS) is 18.9. The molecular formula is C21H22N2O2S. The highest BCUT2D eigenvalue weighted by atomic mass is 32.2. The molecule has 2 aromatic carbocycles. The van der Waals surface area contributed by atoms with Crippen molar-refractivity contribution in [3.63, 3.8) is 0 Å². The van der Waals surface area contributed by atoms with Crippen molar-refractivity contribution in [3.8, 4) is 0 Å². The lowest BCUT2D eigenvalue weighted by molar-refractivity contribution is -0.116. The van der Waals surface area contributed by atoms with Crippen molar-refractivity contribution >= 4 is 35.0 Å². The number of aryl methyl sites for hydroxylation is 2. The molecule has 0 saturated carbocycles. The van der Waals surface area contributed by atoms with E-state index in [1.807, 2.05) is 36.1 Å². The zero-order chi connectivity index (χ0) is 18.1. The van der Waals surface area contributed by atoms with Crippen molar-refractivity contribution in [2.24, 2.45) is 0 Å². The molecule has 2 amide bonds. The highest BCUT2D eigenvalue weighted by Crippen LogP contribution is 2.43. The van der Waals surface area contributed by atoms with Crippen LogP contribution in [-0.2, 0) is 22.4 Å². The molecule has 1 aliphatic carbocycles. The molecule has 0 bridgehead atoms. The van der Waals surface area contributed by atoms with E-state index in [0.717, 1.165) is 29.8 Å². The number of carbonyl (C=O) groups is 2. The van der Waals surface area contributed by atoms with E-state index in [1.54, 1.807) is 11.8 Å². The molecule has 1 aliphatic heterocycles. The molecular weight excluding hydrogens is 344 g/mol. The Morgan fingerprint density at radius 2 is 2.04 bits per heavy atom. The zero-order valence-corrected chi connectivity index (χ0v) is 15.6. The van der Waals surface area contributed by atoms with E-state index in [4.69, 9.17) is 0 Å². The largest absolute Gasteiger partial charge is 0.326 e. The molecule has 1 N–H and O–H groups in total. The topological polar surface area (TPSA) is 49.4 Å². The third kappa shape index (κ3) is 3.23. The summed E-state index contributed by atoms with van der Waals surface area (Å²) in [5.74, 6) is 0.613. The summed E-state index contributed by atoms with van der Waals surface area (Å²) in [7, 11) is 0. The van der Waals surface area contributed by atoms with Crippen LogP contribution in [0.2, 0.25) is 0 Å². The first-order chi connectivity index (χ1) is 12.7. The van der Waals surface area contributed by atoms with Gasteiger partial charge in [0.05, 0.1) is 5.75 Å². The fourth-order valence-electron chi connectivity index (χ4n) is 3.68. The van der Waals surface area contributed by atoms with Crippen LogP contribution in [0.1, 0.15) is 41.8 Å². The number of rotatable bonds is 4. The minimum Gasteiger partial charge on any atom is -0.326 e. The predicted octanol–water partition coefficient (Wildman–Crippen LogP) is 4.30. The van der Waals surface area contributed by atoms with Gasteiger partial charge < -0.3 is 5.32 Å². The summed E-state index contributed by atoms with van der Waals surface area (Å²) in [6.07, 6.45) is 3.88. The minimum atomic E-state index is -0.0552. The molecule has 134 valence electrons. The van der Waals surface area contributed by atoms with Crippen LogP contribution in [0.15, 0.2) is 42.5 Å². The van der Waals surface area contributed by atoms with Gasteiger partial charge in [0.15, 0.2) is 0 Å². The average molecular weight is 366 g/mol. The molecule has 1 fully saturated rings. The van der Waals surface area contributed by atoms with Gasteiger partial charge in [0.1, 0.15) is 5.37 Å². The minimum absolute atomic E-state index is 0.00669. The molecule has 2 aromatic rings. The van der Waals surface area contributed by atoms with Crippen molar-refractivity contribution in [1.29, 1.82) is 0 Å². The van der Waals surface area contributed by atoms with Crippen LogP contribution in [0.5, 0.6) is 0 Å². The summed E-state index contributed by atoms with van der Waals surface area (Å²) in [6, 6.07) is 14.2. The molecule has 1 atom stereocenters. The Kier molecular flexibility index (Phi) is 4.72. The van der Waals surface area contributed by atoms with Gasteiger partial charge >= 0.3 is 0 Å². The second-order valence-corrected chi connectivity index (χ2v) is 7.83. The van der Waals surface area contributed by atoms with Crippen molar-refractivity contribution in [3.05, 3.63) is 59.2 Å². The first-order valence-corrected chi connectivity index (χ1v) is 10.2. The SMILES string of the molecule is CCC(=O)Nc1cccc(C2SCC(=O)N2c2ccc3c(c2)CCC3)c1. The van der Waals surface area contributed by atoms with E-state index in [1.165, 1.54) is 17.5 Å². The van der Waals surface area contributed by atoms with Gasteiger partial charge in [0.2, 0.25) is 11.8 Å². The van der Waals surface area contributed by atoms with Gasteiger partial charge in [-0.25, -0.2) is 0 Å². The van der Waals surface area contributed by atoms with E-state index in [0.29, 0.717) is 12.2 Å². The van der Waals surface area contributed by atoms with Gasteiger partial charge in [-0.1, -0.05) is 25.1 Å². The Morgan fingerprint density at radius 3 is 2.88 bits per heavy atom. The molecule has 1 heterocycles. The Balaban J connectivity index is 1.64. The Morgan fingerprint density at radius 1 is 1.19 bits per heavy atom. The average Bonchev–Trinajstić information content (AvgIpc) is 3.27. The molecule has 1 unspecified atom stereocenters. The number of hydrogen-bond donors (Lipinski definition) is 1.